The molecule has 1 heterocycles. The third kappa shape index (κ3) is 2.57. The molecule has 1 amide bonds. The molecule has 22 heavy (non-hydrogen) atoms. The van der Waals surface area contributed by atoms with Gasteiger partial charge >= 0.3 is 5.97 Å². The molecule has 1 atom stereocenters. The van der Waals surface area contributed by atoms with E-state index in [1.807, 2.05) is 6.07 Å². The average molecular weight is 299 g/mol. The van der Waals surface area contributed by atoms with Crippen LogP contribution in [0, 0.1) is 5.82 Å². The maximum Gasteiger partial charge on any atom is 0.339 e. The van der Waals surface area contributed by atoms with Crippen LogP contribution in [0.1, 0.15) is 22.8 Å². The van der Waals surface area contributed by atoms with Gasteiger partial charge in [0.15, 0.2) is 5.60 Å². The summed E-state index contributed by atoms with van der Waals surface area (Å²) in [4.78, 5) is 24.5. The van der Waals surface area contributed by atoms with E-state index in [9.17, 15) is 14.0 Å². The maximum absolute atomic E-state index is 12.9. The zero-order valence-electron chi connectivity index (χ0n) is 11.9. The van der Waals surface area contributed by atoms with Crippen molar-refractivity contribution in [3.63, 3.8) is 0 Å². The lowest BCUT2D eigenvalue weighted by Gasteiger charge is -2.33. The topological polar surface area (TPSA) is 55.4 Å². The Morgan fingerprint density at radius 1 is 1.18 bits per heavy atom. The van der Waals surface area contributed by atoms with Gasteiger partial charge in [0.1, 0.15) is 5.82 Å². The van der Waals surface area contributed by atoms with E-state index < -0.39 is 17.5 Å². The number of carbonyl (C=O) groups excluding carboxylic acids is 2. The fourth-order valence-electron chi connectivity index (χ4n) is 2.46. The molecular formula is C17H14FNO3. The van der Waals surface area contributed by atoms with Gasteiger partial charge in [0.05, 0.1) is 5.56 Å². The van der Waals surface area contributed by atoms with Gasteiger partial charge in [0.25, 0.3) is 5.91 Å². The first kappa shape index (κ1) is 14.3. The summed E-state index contributed by atoms with van der Waals surface area (Å²) in [5.41, 5.74) is 0.410. The second-order valence-electron chi connectivity index (χ2n) is 5.42. The number of amides is 1. The van der Waals surface area contributed by atoms with E-state index in [4.69, 9.17) is 4.74 Å². The van der Waals surface area contributed by atoms with Gasteiger partial charge in [0, 0.05) is 12.1 Å². The molecule has 4 nitrogen and oxygen atoms in total. The fourth-order valence-corrected chi connectivity index (χ4v) is 2.46. The minimum Gasteiger partial charge on any atom is -0.445 e. The molecule has 1 aliphatic heterocycles. The van der Waals surface area contributed by atoms with Crippen molar-refractivity contribution in [1.82, 2.24) is 0 Å². The van der Waals surface area contributed by atoms with Gasteiger partial charge in [-0.1, -0.05) is 18.2 Å². The van der Waals surface area contributed by atoms with Crippen LogP contribution in [0.2, 0.25) is 0 Å². The molecule has 0 radical (unpaired) electrons. The van der Waals surface area contributed by atoms with E-state index in [1.165, 1.54) is 24.3 Å². The molecular weight excluding hydrogens is 285 g/mol. The zero-order valence-corrected chi connectivity index (χ0v) is 11.9. The van der Waals surface area contributed by atoms with E-state index in [0.29, 0.717) is 17.7 Å². The average Bonchev–Trinajstić information content (AvgIpc) is 2.49. The van der Waals surface area contributed by atoms with Crippen molar-refractivity contribution in [2.24, 2.45) is 0 Å². The molecule has 2 aromatic carbocycles. The SMILES string of the molecule is C[C@]1(C(=O)Nc2ccc(F)cc2)Cc2ccccc2C(=O)O1. The summed E-state index contributed by atoms with van der Waals surface area (Å²) in [6, 6.07) is 12.5. The Morgan fingerprint density at radius 2 is 1.86 bits per heavy atom. The van der Waals surface area contributed by atoms with Gasteiger partial charge in [-0.3, -0.25) is 4.79 Å². The predicted molar refractivity (Wildman–Crippen MR) is 79.0 cm³/mol. The number of ether oxygens (including phenoxy) is 1. The largest absolute Gasteiger partial charge is 0.445 e. The Morgan fingerprint density at radius 3 is 2.59 bits per heavy atom. The van der Waals surface area contributed by atoms with E-state index in [2.05, 4.69) is 5.32 Å². The third-order valence-electron chi connectivity index (χ3n) is 3.67. The molecule has 5 heteroatoms. The van der Waals surface area contributed by atoms with E-state index in [-0.39, 0.29) is 5.82 Å². The molecule has 0 saturated carbocycles. The summed E-state index contributed by atoms with van der Waals surface area (Å²) in [5, 5.41) is 2.65. The Balaban J connectivity index is 1.83. The number of carbonyl (C=O) groups is 2. The molecule has 1 N–H and O–H groups in total. The van der Waals surface area contributed by atoms with Crippen molar-refractivity contribution in [1.29, 1.82) is 0 Å². The minimum absolute atomic E-state index is 0.294. The number of hydrogen-bond donors (Lipinski definition) is 1. The quantitative estimate of drug-likeness (QED) is 0.867. The van der Waals surface area contributed by atoms with Crippen molar-refractivity contribution in [3.8, 4) is 0 Å². The number of esters is 1. The Labute approximate surface area is 126 Å². The first-order valence-corrected chi connectivity index (χ1v) is 6.86. The summed E-state index contributed by atoms with van der Waals surface area (Å²) in [6.45, 7) is 1.57. The standard InChI is InChI=1S/C17H14FNO3/c1-17(16(21)19-13-8-6-12(18)7-9-13)10-11-4-2-3-5-14(11)15(20)22-17/h2-9H,10H2,1H3,(H,19,21)/t17-/m1/s1. The highest BCUT2D eigenvalue weighted by Crippen LogP contribution is 2.29. The third-order valence-corrected chi connectivity index (χ3v) is 3.67. The molecule has 0 unspecified atom stereocenters. The second-order valence-corrected chi connectivity index (χ2v) is 5.42. The highest BCUT2D eigenvalue weighted by molar-refractivity contribution is 6.02. The van der Waals surface area contributed by atoms with Gasteiger partial charge in [-0.05, 0) is 42.8 Å². The van der Waals surface area contributed by atoms with Crippen LogP contribution in [-0.2, 0) is 16.0 Å². The number of benzene rings is 2. The van der Waals surface area contributed by atoms with Crippen LogP contribution in [0.25, 0.3) is 0 Å². The molecule has 112 valence electrons. The molecule has 0 spiro atoms. The molecule has 3 rings (SSSR count). The summed E-state index contributed by atoms with van der Waals surface area (Å²) < 4.78 is 18.2. The van der Waals surface area contributed by atoms with Crippen molar-refractivity contribution in [2.45, 2.75) is 18.9 Å². The van der Waals surface area contributed by atoms with Crippen molar-refractivity contribution < 1.29 is 18.7 Å². The number of halogens is 1. The normalized spacial score (nSPS) is 20.0. The fraction of sp³-hybridized carbons (Fsp3) is 0.176. The van der Waals surface area contributed by atoms with Crippen LogP contribution in [0.3, 0.4) is 0 Å². The van der Waals surface area contributed by atoms with E-state index in [1.54, 1.807) is 25.1 Å². The Hall–Kier alpha value is -2.69. The lowest BCUT2D eigenvalue weighted by molar-refractivity contribution is -0.134. The van der Waals surface area contributed by atoms with E-state index >= 15 is 0 Å². The number of rotatable bonds is 2. The van der Waals surface area contributed by atoms with Gasteiger partial charge < -0.3 is 10.1 Å². The van der Waals surface area contributed by atoms with Crippen molar-refractivity contribution in [2.75, 3.05) is 5.32 Å². The number of nitrogens with one attached hydrogen (secondary N) is 1. The van der Waals surface area contributed by atoms with E-state index in [0.717, 1.165) is 5.56 Å². The lowest BCUT2D eigenvalue weighted by atomic mass is 9.89. The smallest absolute Gasteiger partial charge is 0.339 e. The number of fused-ring (bicyclic) bond motifs is 1. The second kappa shape index (κ2) is 5.26. The number of cyclic esters (lactones) is 1. The molecule has 1 aliphatic rings. The number of anilines is 1. The molecule has 0 saturated heterocycles. The van der Waals surface area contributed by atoms with Crippen LogP contribution in [-0.4, -0.2) is 17.5 Å². The minimum atomic E-state index is -1.29. The van der Waals surface area contributed by atoms with Crippen LogP contribution in [0.15, 0.2) is 48.5 Å². The summed E-state index contributed by atoms with van der Waals surface area (Å²) >= 11 is 0. The highest BCUT2D eigenvalue weighted by Gasteiger charge is 2.42. The van der Waals surface area contributed by atoms with Crippen LogP contribution in [0.4, 0.5) is 10.1 Å². The summed E-state index contributed by atoms with van der Waals surface area (Å²) in [5.74, 6) is -1.34. The van der Waals surface area contributed by atoms with Crippen LogP contribution < -0.4 is 5.32 Å². The number of hydrogen-bond acceptors (Lipinski definition) is 3. The monoisotopic (exact) mass is 299 g/mol. The first-order chi connectivity index (χ1) is 10.5. The molecule has 2 aromatic rings. The molecule has 0 fully saturated rings. The molecule has 0 aliphatic carbocycles. The van der Waals surface area contributed by atoms with Gasteiger partial charge in [-0.15, -0.1) is 0 Å². The first-order valence-electron chi connectivity index (χ1n) is 6.86. The summed E-state index contributed by atoms with van der Waals surface area (Å²) in [6.07, 6.45) is 0.294. The Bertz CT molecular complexity index is 742. The highest BCUT2D eigenvalue weighted by atomic mass is 19.1. The van der Waals surface area contributed by atoms with Crippen molar-refractivity contribution in [3.05, 3.63) is 65.5 Å². The maximum atomic E-state index is 12.9. The van der Waals surface area contributed by atoms with Crippen LogP contribution in [0.5, 0.6) is 0 Å². The predicted octanol–water partition coefficient (Wildman–Crippen LogP) is 2.94. The lowest BCUT2D eigenvalue weighted by Crippen LogP contribution is -2.48. The van der Waals surface area contributed by atoms with Gasteiger partial charge in [-0.25, -0.2) is 9.18 Å². The van der Waals surface area contributed by atoms with Crippen molar-refractivity contribution >= 4 is 17.6 Å². The van der Waals surface area contributed by atoms with Gasteiger partial charge in [-0.2, -0.15) is 0 Å². The van der Waals surface area contributed by atoms with Gasteiger partial charge in [0.2, 0.25) is 0 Å². The zero-order chi connectivity index (χ0) is 15.7. The molecule has 0 aromatic heterocycles. The molecule has 0 bridgehead atoms. The van der Waals surface area contributed by atoms with Crippen LogP contribution >= 0.6 is 0 Å². The summed E-state index contributed by atoms with van der Waals surface area (Å²) in [7, 11) is 0. The Kier molecular flexibility index (Phi) is 3.41.